The Morgan fingerprint density at radius 2 is 2.03 bits per heavy atom. The lowest BCUT2D eigenvalue weighted by molar-refractivity contribution is -0.118. The van der Waals surface area contributed by atoms with E-state index in [2.05, 4.69) is 39.6 Å². The van der Waals surface area contributed by atoms with Crippen LogP contribution in [0.3, 0.4) is 0 Å². The van der Waals surface area contributed by atoms with Crippen molar-refractivity contribution in [3.05, 3.63) is 23.3 Å². The minimum atomic E-state index is -0.135. The first-order valence-electron chi connectivity index (χ1n) is 9.40. The van der Waals surface area contributed by atoms with E-state index < -0.39 is 0 Å². The number of aromatic nitrogens is 3. The molecule has 0 atom stereocenters. The van der Waals surface area contributed by atoms with Gasteiger partial charge in [0.05, 0.1) is 16.0 Å². The normalized spacial score (nSPS) is 13.6. The van der Waals surface area contributed by atoms with Gasteiger partial charge in [0.25, 0.3) is 0 Å². The Morgan fingerprint density at radius 1 is 1.24 bits per heavy atom. The van der Waals surface area contributed by atoms with Crippen molar-refractivity contribution < 1.29 is 9.59 Å². The molecule has 1 N–H and O–H groups in total. The number of carbonyl (C=O) groups excluding carboxylic acids is 2. The Hall–Kier alpha value is -2.04. The average Bonchev–Trinajstić information content (AvgIpc) is 3.25. The van der Waals surface area contributed by atoms with Crippen LogP contribution in [0.25, 0.3) is 10.2 Å². The van der Waals surface area contributed by atoms with Crippen LogP contribution in [0, 0.1) is 13.8 Å². The van der Waals surface area contributed by atoms with E-state index in [1.165, 1.54) is 40.0 Å². The van der Waals surface area contributed by atoms with Gasteiger partial charge in [-0.15, -0.1) is 10.2 Å². The van der Waals surface area contributed by atoms with E-state index in [-0.39, 0.29) is 23.6 Å². The second-order valence-corrected chi connectivity index (χ2v) is 10.2. The van der Waals surface area contributed by atoms with Crippen LogP contribution in [-0.2, 0) is 9.59 Å². The molecule has 7 nitrogen and oxygen atoms in total. The molecule has 1 aromatic carbocycles. The minimum Gasteiger partial charge on any atom is -0.301 e. The molecule has 1 aliphatic rings. The first-order valence-corrected chi connectivity index (χ1v) is 12.0. The Kier molecular flexibility index (Phi) is 5.84. The van der Waals surface area contributed by atoms with Crippen molar-refractivity contribution in [3.63, 3.8) is 0 Å². The van der Waals surface area contributed by atoms with Gasteiger partial charge >= 0.3 is 0 Å². The molecule has 3 aromatic rings. The summed E-state index contributed by atoms with van der Waals surface area (Å²) < 4.78 is 1.75. The monoisotopic (exact) mass is 447 g/mol. The standard InChI is InChI=1S/C19H21N5O2S3/c1-4-15(26)24(12-5-6-12)18-22-23-19(29-18)27-9-14(25)20-17-21-16-11(3)7-10(2)8-13(16)28-17/h7-8,12H,4-6,9H2,1-3H3,(H,20,21,25). The van der Waals surface area contributed by atoms with Gasteiger partial charge in [0.2, 0.25) is 16.9 Å². The molecule has 10 heteroatoms. The number of nitrogens with one attached hydrogen (secondary N) is 1. The molecule has 29 heavy (non-hydrogen) atoms. The number of anilines is 2. The molecule has 0 saturated heterocycles. The van der Waals surface area contributed by atoms with Crippen LogP contribution < -0.4 is 10.2 Å². The summed E-state index contributed by atoms with van der Waals surface area (Å²) in [6, 6.07) is 4.42. The van der Waals surface area contributed by atoms with Crippen LogP contribution in [0.5, 0.6) is 0 Å². The Balaban J connectivity index is 1.37. The first-order chi connectivity index (χ1) is 13.9. The molecule has 2 amide bonds. The van der Waals surface area contributed by atoms with Gasteiger partial charge in [-0.2, -0.15) is 0 Å². The molecule has 1 aliphatic carbocycles. The minimum absolute atomic E-state index is 0.0688. The zero-order chi connectivity index (χ0) is 20.5. The molecule has 0 bridgehead atoms. The number of hydrogen-bond acceptors (Lipinski definition) is 8. The summed E-state index contributed by atoms with van der Waals surface area (Å²) in [6.07, 6.45) is 2.47. The quantitative estimate of drug-likeness (QED) is 0.427. The van der Waals surface area contributed by atoms with E-state index in [1.807, 2.05) is 13.8 Å². The van der Waals surface area contributed by atoms with E-state index in [0.29, 0.717) is 21.0 Å². The Bertz CT molecular complexity index is 1070. The van der Waals surface area contributed by atoms with Gasteiger partial charge in [-0.1, -0.05) is 47.4 Å². The molecule has 1 saturated carbocycles. The fourth-order valence-electron chi connectivity index (χ4n) is 3.03. The van der Waals surface area contributed by atoms with Crippen LogP contribution in [0.15, 0.2) is 16.5 Å². The number of rotatable bonds is 7. The van der Waals surface area contributed by atoms with Crippen molar-refractivity contribution in [2.75, 3.05) is 16.0 Å². The molecule has 152 valence electrons. The Morgan fingerprint density at radius 3 is 2.76 bits per heavy atom. The van der Waals surface area contributed by atoms with Crippen LogP contribution in [0.2, 0.25) is 0 Å². The molecule has 0 unspecified atom stereocenters. The lowest BCUT2D eigenvalue weighted by Crippen LogP contribution is -2.32. The molecule has 4 rings (SSSR count). The second-order valence-electron chi connectivity index (χ2n) is 6.98. The molecule has 0 spiro atoms. The van der Waals surface area contributed by atoms with Crippen LogP contribution in [0.1, 0.15) is 37.3 Å². The first kappa shape index (κ1) is 20.2. The van der Waals surface area contributed by atoms with E-state index >= 15 is 0 Å². The SMILES string of the molecule is CCC(=O)N(c1nnc(SCC(=O)Nc2nc3c(C)cc(C)cc3s2)s1)C1CC1. The van der Waals surface area contributed by atoms with Crippen molar-refractivity contribution in [2.24, 2.45) is 0 Å². The second kappa shape index (κ2) is 8.37. The maximum Gasteiger partial charge on any atom is 0.236 e. The Labute approximate surface area is 180 Å². The third-order valence-electron chi connectivity index (χ3n) is 4.49. The smallest absolute Gasteiger partial charge is 0.236 e. The van der Waals surface area contributed by atoms with Crippen LogP contribution >= 0.6 is 34.4 Å². The summed E-state index contributed by atoms with van der Waals surface area (Å²) in [6.45, 7) is 5.93. The van der Waals surface area contributed by atoms with E-state index in [0.717, 1.165) is 28.6 Å². The van der Waals surface area contributed by atoms with Gasteiger partial charge in [-0.25, -0.2) is 4.98 Å². The fourth-order valence-corrected chi connectivity index (χ4v) is 5.82. The maximum atomic E-state index is 12.4. The third-order valence-corrected chi connectivity index (χ3v) is 7.46. The molecule has 1 fully saturated rings. The molecular formula is C19H21N5O2S3. The highest BCUT2D eigenvalue weighted by Crippen LogP contribution is 2.36. The zero-order valence-corrected chi connectivity index (χ0v) is 18.8. The number of thioether (sulfide) groups is 1. The molecular weight excluding hydrogens is 426 g/mol. The van der Waals surface area contributed by atoms with Crippen molar-refractivity contribution in [1.29, 1.82) is 0 Å². The van der Waals surface area contributed by atoms with Crippen molar-refractivity contribution >= 4 is 66.7 Å². The number of carbonyl (C=O) groups is 2. The van der Waals surface area contributed by atoms with Crippen LogP contribution in [0.4, 0.5) is 10.3 Å². The number of aryl methyl sites for hydroxylation is 2. The van der Waals surface area contributed by atoms with Crippen LogP contribution in [-0.4, -0.2) is 38.8 Å². The number of amides is 2. The summed E-state index contributed by atoms with van der Waals surface area (Å²) in [7, 11) is 0. The van der Waals surface area contributed by atoms with Gasteiger partial charge in [-0.3, -0.25) is 14.5 Å². The molecule has 2 aromatic heterocycles. The number of nitrogens with zero attached hydrogens (tertiary/aromatic N) is 4. The number of thiazole rings is 1. The van der Waals surface area contributed by atoms with E-state index in [4.69, 9.17) is 0 Å². The lowest BCUT2D eigenvalue weighted by atomic mass is 10.1. The summed E-state index contributed by atoms with van der Waals surface area (Å²) in [5.41, 5.74) is 3.22. The zero-order valence-electron chi connectivity index (χ0n) is 16.4. The summed E-state index contributed by atoms with van der Waals surface area (Å²) in [5.74, 6) is 0.149. The van der Waals surface area contributed by atoms with Crippen molar-refractivity contribution in [2.45, 2.75) is 50.4 Å². The van der Waals surface area contributed by atoms with Gasteiger partial charge in [0.1, 0.15) is 0 Å². The molecule has 2 heterocycles. The molecule has 0 aliphatic heterocycles. The summed E-state index contributed by atoms with van der Waals surface area (Å²) >= 11 is 4.16. The topological polar surface area (TPSA) is 88.1 Å². The summed E-state index contributed by atoms with van der Waals surface area (Å²) in [4.78, 5) is 30.8. The van der Waals surface area contributed by atoms with Gasteiger partial charge in [0.15, 0.2) is 9.47 Å². The number of hydrogen-bond donors (Lipinski definition) is 1. The number of benzene rings is 1. The third kappa shape index (κ3) is 4.59. The summed E-state index contributed by atoms with van der Waals surface area (Å²) in [5, 5.41) is 12.4. The maximum absolute atomic E-state index is 12.4. The van der Waals surface area contributed by atoms with E-state index in [1.54, 1.807) is 4.90 Å². The fraction of sp³-hybridized carbons (Fsp3) is 0.421. The predicted octanol–water partition coefficient (Wildman–Crippen LogP) is 4.40. The van der Waals surface area contributed by atoms with Gasteiger partial charge in [-0.05, 0) is 43.9 Å². The van der Waals surface area contributed by atoms with Crippen molar-refractivity contribution in [1.82, 2.24) is 15.2 Å². The highest BCUT2D eigenvalue weighted by atomic mass is 32.2. The van der Waals surface area contributed by atoms with Gasteiger partial charge < -0.3 is 5.32 Å². The van der Waals surface area contributed by atoms with Gasteiger partial charge in [0, 0.05) is 12.5 Å². The highest BCUT2D eigenvalue weighted by molar-refractivity contribution is 8.01. The predicted molar refractivity (Wildman–Crippen MR) is 119 cm³/mol. The number of fused-ring (bicyclic) bond motifs is 1. The lowest BCUT2D eigenvalue weighted by Gasteiger charge is -2.17. The van der Waals surface area contributed by atoms with Crippen molar-refractivity contribution in [3.8, 4) is 0 Å². The highest BCUT2D eigenvalue weighted by Gasteiger charge is 2.35. The molecule has 0 radical (unpaired) electrons. The average molecular weight is 448 g/mol. The van der Waals surface area contributed by atoms with E-state index in [9.17, 15) is 9.59 Å². The largest absolute Gasteiger partial charge is 0.301 e.